The summed E-state index contributed by atoms with van der Waals surface area (Å²) >= 11 is 0. The van der Waals surface area contributed by atoms with Crippen LogP contribution in [0, 0.1) is 5.92 Å². The van der Waals surface area contributed by atoms with Crippen LogP contribution in [-0.2, 0) is 9.53 Å². The van der Waals surface area contributed by atoms with E-state index in [1.54, 1.807) is 18.2 Å². The van der Waals surface area contributed by atoms with Crippen molar-refractivity contribution in [3.05, 3.63) is 41.8 Å². The molecular formula is C19H19F3N4O3. The van der Waals surface area contributed by atoms with Crippen molar-refractivity contribution in [1.29, 1.82) is 0 Å². The fourth-order valence-electron chi connectivity index (χ4n) is 3.57. The van der Waals surface area contributed by atoms with Gasteiger partial charge in [-0.25, -0.2) is 9.78 Å². The Labute approximate surface area is 164 Å². The maximum atomic E-state index is 12.9. The number of alkyl halides is 3. The molecular weight excluding hydrogens is 389 g/mol. The molecule has 1 aliphatic heterocycles. The molecule has 3 aliphatic rings. The number of ether oxygens (including phenoxy) is 1. The molecule has 0 saturated heterocycles. The second-order valence-corrected chi connectivity index (χ2v) is 7.20. The SMILES string of the molecule is O=C1CN(C(=O)NC(C2=CC=C(OC(F)(F)F)CC2)C2CC2)c2ncccc2N1. The third-order valence-corrected chi connectivity index (χ3v) is 5.03. The third kappa shape index (κ3) is 4.52. The van der Waals surface area contributed by atoms with Crippen LogP contribution in [0.25, 0.3) is 0 Å². The topological polar surface area (TPSA) is 83.6 Å². The van der Waals surface area contributed by atoms with E-state index in [0.29, 0.717) is 17.9 Å². The Kier molecular flexibility index (Phi) is 4.93. The average Bonchev–Trinajstić information content (AvgIpc) is 3.50. The average molecular weight is 408 g/mol. The van der Waals surface area contributed by atoms with Crippen LogP contribution < -0.4 is 15.5 Å². The van der Waals surface area contributed by atoms with Crippen molar-refractivity contribution >= 4 is 23.4 Å². The van der Waals surface area contributed by atoms with Gasteiger partial charge >= 0.3 is 12.4 Å². The number of nitrogens with zero attached hydrogens (tertiary/aromatic N) is 2. The summed E-state index contributed by atoms with van der Waals surface area (Å²) in [6.45, 7) is -0.157. The van der Waals surface area contributed by atoms with Crippen LogP contribution in [-0.4, -0.2) is 35.9 Å². The number of urea groups is 1. The van der Waals surface area contributed by atoms with Crippen LogP contribution in [0.1, 0.15) is 25.7 Å². The lowest BCUT2D eigenvalue weighted by atomic mass is 9.94. The van der Waals surface area contributed by atoms with Crippen LogP contribution in [0.4, 0.5) is 29.5 Å². The molecule has 1 fully saturated rings. The number of aromatic nitrogens is 1. The molecule has 1 aromatic rings. The smallest absolute Gasteiger partial charge is 0.410 e. The summed E-state index contributed by atoms with van der Waals surface area (Å²) in [5.41, 5.74) is 1.30. The summed E-state index contributed by atoms with van der Waals surface area (Å²) in [5.74, 6) is 0.119. The number of rotatable bonds is 4. The van der Waals surface area contributed by atoms with Gasteiger partial charge in [0.25, 0.3) is 0 Å². The van der Waals surface area contributed by atoms with Crippen molar-refractivity contribution in [3.63, 3.8) is 0 Å². The highest BCUT2D eigenvalue weighted by Crippen LogP contribution is 2.39. The number of carbonyl (C=O) groups is 2. The zero-order valence-corrected chi connectivity index (χ0v) is 15.3. The molecule has 0 bridgehead atoms. The number of carbonyl (C=O) groups excluding carboxylic acids is 2. The number of hydrogen-bond acceptors (Lipinski definition) is 4. The Morgan fingerprint density at radius 2 is 2.10 bits per heavy atom. The van der Waals surface area contributed by atoms with E-state index in [1.165, 1.54) is 17.2 Å². The summed E-state index contributed by atoms with van der Waals surface area (Å²) < 4.78 is 41.1. The van der Waals surface area contributed by atoms with Gasteiger partial charge in [0.2, 0.25) is 5.91 Å². The van der Waals surface area contributed by atoms with E-state index in [0.717, 1.165) is 18.4 Å². The van der Waals surface area contributed by atoms with Gasteiger partial charge in [-0.3, -0.25) is 9.69 Å². The number of hydrogen-bond donors (Lipinski definition) is 2. The van der Waals surface area contributed by atoms with E-state index in [-0.39, 0.29) is 36.6 Å². The fraction of sp³-hybridized carbons (Fsp3) is 0.421. The number of nitrogens with one attached hydrogen (secondary N) is 2. The number of allylic oxidation sites excluding steroid dienone is 3. The normalized spacial score (nSPS) is 20.1. The van der Waals surface area contributed by atoms with Gasteiger partial charge in [0.1, 0.15) is 12.3 Å². The van der Waals surface area contributed by atoms with Crippen molar-refractivity contribution in [2.24, 2.45) is 5.92 Å². The first-order chi connectivity index (χ1) is 13.8. The van der Waals surface area contributed by atoms with Crippen molar-refractivity contribution in [1.82, 2.24) is 10.3 Å². The Morgan fingerprint density at radius 1 is 1.31 bits per heavy atom. The molecule has 4 rings (SSSR count). The van der Waals surface area contributed by atoms with E-state index >= 15 is 0 Å². The molecule has 1 saturated carbocycles. The standard InChI is InChI=1S/C19H19F3N4O3/c20-19(21,22)29-13-7-5-12(6-8-13)16(11-3-4-11)25-18(28)26-10-15(27)24-14-2-1-9-23-17(14)26/h1-2,5,7,9,11,16H,3-4,6,8,10H2,(H,24,27)(H,25,28). The second-order valence-electron chi connectivity index (χ2n) is 7.20. The summed E-state index contributed by atoms with van der Waals surface area (Å²) in [6, 6.07) is 2.56. The molecule has 1 unspecified atom stereocenters. The van der Waals surface area contributed by atoms with Crippen LogP contribution in [0.3, 0.4) is 0 Å². The second kappa shape index (κ2) is 7.41. The summed E-state index contributed by atoms with van der Waals surface area (Å²) in [7, 11) is 0. The van der Waals surface area contributed by atoms with E-state index in [9.17, 15) is 22.8 Å². The van der Waals surface area contributed by atoms with E-state index in [4.69, 9.17) is 0 Å². The molecule has 7 nitrogen and oxygen atoms in total. The molecule has 1 atom stereocenters. The maximum absolute atomic E-state index is 12.9. The molecule has 0 spiro atoms. The largest absolute Gasteiger partial charge is 0.572 e. The molecule has 2 N–H and O–H groups in total. The van der Waals surface area contributed by atoms with Gasteiger partial charge in [0, 0.05) is 12.6 Å². The van der Waals surface area contributed by atoms with Gasteiger partial charge in [-0.1, -0.05) is 6.08 Å². The highest BCUT2D eigenvalue weighted by atomic mass is 19.4. The van der Waals surface area contributed by atoms with Crippen molar-refractivity contribution in [2.75, 3.05) is 16.8 Å². The van der Waals surface area contributed by atoms with Crippen LogP contribution in [0.5, 0.6) is 0 Å². The molecule has 29 heavy (non-hydrogen) atoms. The van der Waals surface area contributed by atoms with Crippen molar-refractivity contribution in [3.8, 4) is 0 Å². The lowest BCUT2D eigenvalue weighted by Gasteiger charge is -2.31. The van der Waals surface area contributed by atoms with Gasteiger partial charge in [0.15, 0.2) is 5.82 Å². The number of amides is 3. The van der Waals surface area contributed by atoms with Crippen LogP contribution in [0.2, 0.25) is 0 Å². The highest BCUT2D eigenvalue weighted by Gasteiger charge is 2.38. The quantitative estimate of drug-likeness (QED) is 0.799. The molecule has 1 aromatic heterocycles. The number of pyridine rings is 1. The molecule has 0 aromatic carbocycles. The molecule has 10 heteroatoms. The molecule has 0 radical (unpaired) electrons. The van der Waals surface area contributed by atoms with E-state index in [1.807, 2.05) is 0 Å². The van der Waals surface area contributed by atoms with Gasteiger partial charge in [-0.05, 0) is 49.0 Å². The van der Waals surface area contributed by atoms with E-state index < -0.39 is 12.4 Å². The molecule has 2 heterocycles. The molecule has 154 valence electrons. The third-order valence-electron chi connectivity index (χ3n) is 5.03. The summed E-state index contributed by atoms with van der Waals surface area (Å²) in [4.78, 5) is 30.3. The Hall–Kier alpha value is -3.04. The minimum Gasteiger partial charge on any atom is -0.410 e. The minimum atomic E-state index is -4.71. The highest BCUT2D eigenvalue weighted by molar-refractivity contribution is 6.08. The Bertz CT molecular complexity index is 893. The molecule has 2 aliphatic carbocycles. The van der Waals surface area contributed by atoms with Gasteiger partial charge in [-0.15, -0.1) is 13.2 Å². The van der Waals surface area contributed by atoms with Crippen molar-refractivity contribution < 1.29 is 27.5 Å². The van der Waals surface area contributed by atoms with Gasteiger partial charge in [-0.2, -0.15) is 0 Å². The maximum Gasteiger partial charge on any atom is 0.572 e. The zero-order valence-electron chi connectivity index (χ0n) is 15.3. The predicted octanol–water partition coefficient (Wildman–Crippen LogP) is 3.47. The van der Waals surface area contributed by atoms with Gasteiger partial charge in [0.05, 0.1) is 11.7 Å². The fourth-order valence-corrected chi connectivity index (χ4v) is 3.57. The first-order valence-electron chi connectivity index (χ1n) is 9.28. The monoisotopic (exact) mass is 408 g/mol. The van der Waals surface area contributed by atoms with Crippen LogP contribution >= 0.6 is 0 Å². The predicted molar refractivity (Wildman–Crippen MR) is 97.8 cm³/mol. The lowest BCUT2D eigenvalue weighted by Crippen LogP contribution is -2.51. The Balaban J connectivity index is 1.50. The summed E-state index contributed by atoms with van der Waals surface area (Å²) in [5, 5.41) is 5.62. The number of fused-ring (bicyclic) bond motifs is 1. The number of halogens is 3. The first-order valence-corrected chi connectivity index (χ1v) is 9.28. The number of anilines is 2. The van der Waals surface area contributed by atoms with Gasteiger partial charge < -0.3 is 15.4 Å². The van der Waals surface area contributed by atoms with E-state index in [2.05, 4.69) is 20.4 Å². The lowest BCUT2D eigenvalue weighted by molar-refractivity contribution is -0.306. The Morgan fingerprint density at radius 3 is 2.76 bits per heavy atom. The van der Waals surface area contributed by atoms with Crippen molar-refractivity contribution in [2.45, 2.75) is 38.1 Å². The molecule has 3 amide bonds. The zero-order chi connectivity index (χ0) is 20.6. The van der Waals surface area contributed by atoms with Crippen LogP contribution in [0.15, 0.2) is 41.8 Å². The minimum absolute atomic E-state index is 0.112. The summed E-state index contributed by atoms with van der Waals surface area (Å²) in [6.07, 6.45) is 2.03. The first kappa shape index (κ1) is 19.3.